The van der Waals surface area contributed by atoms with Crippen LogP contribution in [0.1, 0.15) is 18.1 Å². The monoisotopic (exact) mass is 326 g/mol. The van der Waals surface area contributed by atoms with Crippen molar-refractivity contribution >= 4 is 29.4 Å². The lowest BCUT2D eigenvalue weighted by Gasteiger charge is -2.12. The molecular formula is C18H18N2O2S. The van der Waals surface area contributed by atoms with Gasteiger partial charge in [-0.1, -0.05) is 43.0 Å². The summed E-state index contributed by atoms with van der Waals surface area (Å²) in [5.41, 5.74) is 2.96. The molecule has 3 rings (SSSR count). The van der Waals surface area contributed by atoms with Crippen LogP contribution in [-0.4, -0.2) is 16.5 Å². The summed E-state index contributed by atoms with van der Waals surface area (Å²) in [6, 6.07) is 15.0. The number of hydrogen-bond acceptors (Lipinski definition) is 4. The number of nitrogens with one attached hydrogen (secondary N) is 2. The van der Waals surface area contributed by atoms with Gasteiger partial charge in [-0.25, -0.2) is 0 Å². The smallest absolute Gasteiger partial charge is 0.260 e. The lowest BCUT2D eigenvalue weighted by atomic mass is 10.1. The molecule has 0 aromatic heterocycles. The topological polar surface area (TPSA) is 61.4 Å². The standard InChI is InChI=1S/C18H18N2O2S/c1-2-12-3-7-14(8-4-12)19-18-20-17(22)16(23-18)11-13-5-9-15(21)10-6-13/h3-11,18-19,21H,2H2,1H3,(H,20,22)/b16-11-/t18-/m1/s1. The molecule has 0 spiro atoms. The lowest BCUT2D eigenvalue weighted by molar-refractivity contribution is -0.116. The van der Waals surface area contributed by atoms with Crippen molar-refractivity contribution < 1.29 is 9.90 Å². The second-order valence-corrected chi connectivity index (χ2v) is 6.41. The normalized spacial score (nSPS) is 18.9. The fourth-order valence-corrected chi connectivity index (χ4v) is 3.26. The predicted octanol–water partition coefficient (Wildman–Crippen LogP) is 3.55. The largest absolute Gasteiger partial charge is 0.508 e. The number of benzene rings is 2. The first-order valence-electron chi connectivity index (χ1n) is 7.48. The molecule has 4 nitrogen and oxygen atoms in total. The third-order valence-corrected chi connectivity index (χ3v) is 4.61. The van der Waals surface area contributed by atoms with Gasteiger partial charge in [-0.2, -0.15) is 0 Å². The fraction of sp³-hybridized carbons (Fsp3) is 0.167. The van der Waals surface area contributed by atoms with E-state index in [1.807, 2.05) is 18.2 Å². The van der Waals surface area contributed by atoms with Gasteiger partial charge in [0.25, 0.3) is 5.91 Å². The first-order valence-corrected chi connectivity index (χ1v) is 8.36. The fourth-order valence-electron chi connectivity index (χ4n) is 2.28. The van der Waals surface area contributed by atoms with Crippen molar-refractivity contribution in [2.75, 3.05) is 5.32 Å². The zero-order valence-corrected chi connectivity index (χ0v) is 13.6. The number of phenols is 1. The highest BCUT2D eigenvalue weighted by Crippen LogP contribution is 2.30. The first kappa shape index (κ1) is 15.5. The average molecular weight is 326 g/mol. The number of thioether (sulfide) groups is 1. The molecule has 0 radical (unpaired) electrons. The van der Waals surface area contributed by atoms with Crippen LogP contribution in [0.2, 0.25) is 0 Å². The van der Waals surface area contributed by atoms with Crippen molar-refractivity contribution in [3.05, 3.63) is 64.6 Å². The molecule has 0 unspecified atom stereocenters. The van der Waals surface area contributed by atoms with Crippen LogP contribution in [0.15, 0.2) is 53.4 Å². The number of carbonyl (C=O) groups is 1. The minimum atomic E-state index is -0.182. The van der Waals surface area contributed by atoms with E-state index in [1.54, 1.807) is 24.3 Å². The molecule has 2 aromatic carbocycles. The Balaban J connectivity index is 1.67. The predicted molar refractivity (Wildman–Crippen MR) is 95.0 cm³/mol. The van der Waals surface area contributed by atoms with E-state index in [4.69, 9.17) is 0 Å². The highest BCUT2D eigenvalue weighted by Gasteiger charge is 2.26. The summed E-state index contributed by atoms with van der Waals surface area (Å²) >= 11 is 1.45. The van der Waals surface area contributed by atoms with Gasteiger partial charge in [0.2, 0.25) is 0 Å². The Bertz CT molecular complexity index is 724. The van der Waals surface area contributed by atoms with E-state index < -0.39 is 0 Å². The molecule has 0 saturated carbocycles. The highest BCUT2D eigenvalue weighted by molar-refractivity contribution is 8.05. The van der Waals surface area contributed by atoms with Crippen LogP contribution in [-0.2, 0) is 11.2 Å². The van der Waals surface area contributed by atoms with Crippen LogP contribution in [0.5, 0.6) is 5.75 Å². The van der Waals surface area contributed by atoms with E-state index in [2.05, 4.69) is 29.7 Å². The minimum absolute atomic E-state index is 0.0919. The Kier molecular flexibility index (Phi) is 4.57. The molecule has 1 aliphatic heterocycles. The Hall–Kier alpha value is -2.40. The van der Waals surface area contributed by atoms with E-state index in [1.165, 1.54) is 17.3 Å². The van der Waals surface area contributed by atoms with Crippen LogP contribution >= 0.6 is 11.8 Å². The molecule has 2 aromatic rings. The molecular weight excluding hydrogens is 308 g/mol. The maximum Gasteiger partial charge on any atom is 0.260 e. The van der Waals surface area contributed by atoms with E-state index in [0.717, 1.165) is 17.7 Å². The third-order valence-electron chi connectivity index (χ3n) is 3.58. The number of aromatic hydroxyl groups is 1. The van der Waals surface area contributed by atoms with Crippen molar-refractivity contribution in [2.24, 2.45) is 0 Å². The van der Waals surface area contributed by atoms with Crippen molar-refractivity contribution in [3.8, 4) is 5.75 Å². The van der Waals surface area contributed by atoms with Crippen molar-refractivity contribution in [1.82, 2.24) is 5.32 Å². The molecule has 0 bridgehead atoms. The van der Waals surface area contributed by atoms with Crippen molar-refractivity contribution in [1.29, 1.82) is 0 Å². The van der Waals surface area contributed by atoms with Crippen LogP contribution < -0.4 is 10.6 Å². The molecule has 0 aliphatic carbocycles. The molecule has 118 valence electrons. The molecule has 1 fully saturated rings. The number of hydrogen-bond donors (Lipinski definition) is 3. The summed E-state index contributed by atoms with van der Waals surface area (Å²) in [5, 5.41) is 15.5. The molecule has 1 heterocycles. The lowest BCUT2D eigenvalue weighted by Crippen LogP contribution is -2.30. The summed E-state index contributed by atoms with van der Waals surface area (Å²) in [6.45, 7) is 2.12. The number of amides is 1. The van der Waals surface area contributed by atoms with Crippen molar-refractivity contribution in [2.45, 2.75) is 18.8 Å². The minimum Gasteiger partial charge on any atom is -0.508 e. The summed E-state index contributed by atoms with van der Waals surface area (Å²) < 4.78 is 0. The van der Waals surface area contributed by atoms with Crippen LogP contribution in [0, 0.1) is 0 Å². The van der Waals surface area contributed by atoms with Gasteiger partial charge in [-0.3, -0.25) is 4.79 Å². The Morgan fingerprint density at radius 2 is 1.87 bits per heavy atom. The molecule has 1 saturated heterocycles. The van der Waals surface area contributed by atoms with Gasteiger partial charge in [0.15, 0.2) is 5.50 Å². The van der Waals surface area contributed by atoms with Crippen LogP contribution in [0.4, 0.5) is 5.69 Å². The second-order valence-electron chi connectivity index (χ2n) is 5.27. The van der Waals surface area contributed by atoms with Gasteiger partial charge >= 0.3 is 0 Å². The van der Waals surface area contributed by atoms with E-state index in [0.29, 0.717) is 4.91 Å². The maximum absolute atomic E-state index is 12.1. The highest BCUT2D eigenvalue weighted by atomic mass is 32.2. The third kappa shape index (κ3) is 3.87. The molecule has 23 heavy (non-hydrogen) atoms. The molecule has 1 aliphatic rings. The van der Waals surface area contributed by atoms with E-state index >= 15 is 0 Å². The van der Waals surface area contributed by atoms with Gasteiger partial charge in [0, 0.05) is 5.69 Å². The van der Waals surface area contributed by atoms with Gasteiger partial charge in [-0.05, 0) is 47.9 Å². The van der Waals surface area contributed by atoms with Crippen molar-refractivity contribution in [3.63, 3.8) is 0 Å². The van der Waals surface area contributed by atoms with Crippen LogP contribution in [0.3, 0.4) is 0 Å². The van der Waals surface area contributed by atoms with Gasteiger partial charge in [0.05, 0.1) is 4.91 Å². The number of phenolic OH excluding ortho intramolecular Hbond substituents is 1. The zero-order valence-electron chi connectivity index (χ0n) is 12.7. The van der Waals surface area contributed by atoms with Gasteiger partial charge < -0.3 is 15.7 Å². The maximum atomic E-state index is 12.1. The van der Waals surface area contributed by atoms with E-state index in [9.17, 15) is 9.90 Å². The average Bonchev–Trinajstić information content (AvgIpc) is 2.90. The number of aryl methyl sites for hydroxylation is 1. The molecule has 1 atom stereocenters. The number of rotatable bonds is 4. The first-order chi connectivity index (χ1) is 11.1. The molecule has 3 N–H and O–H groups in total. The summed E-state index contributed by atoms with van der Waals surface area (Å²) in [4.78, 5) is 12.7. The molecule has 1 amide bonds. The summed E-state index contributed by atoms with van der Waals surface area (Å²) in [5.74, 6) is 0.122. The van der Waals surface area contributed by atoms with Gasteiger partial charge in [-0.15, -0.1) is 0 Å². The summed E-state index contributed by atoms with van der Waals surface area (Å²) in [7, 11) is 0. The van der Waals surface area contributed by atoms with E-state index in [-0.39, 0.29) is 17.2 Å². The van der Waals surface area contributed by atoms with Gasteiger partial charge in [0.1, 0.15) is 5.75 Å². The quantitative estimate of drug-likeness (QED) is 0.752. The molecule has 5 heteroatoms. The Morgan fingerprint density at radius 3 is 2.52 bits per heavy atom. The Morgan fingerprint density at radius 1 is 1.17 bits per heavy atom. The number of anilines is 1. The van der Waals surface area contributed by atoms with Crippen LogP contribution in [0.25, 0.3) is 6.08 Å². The Labute approximate surface area is 139 Å². The second kappa shape index (κ2) is 6.79. The SMILES string of the molecule is CCc1ccc(N[C@@H]2NC(=O)/C(=C/c3ccc(O)cc3)S2)cc1. The summed E-state index contributed by atoms with van der Waals surface area (Å²) in [6.07, 6.45) is 2.83. The zero-order chi connectivity index (χ0) is 16.2. The number of carbonyl (C=O) groups excluding carboxylic acids is 1.